The monoisotopic (exact) mass is 326 g/mol. The summed E-state index contributed by atoms with van der Waals surface area (Å²) >= 11 is 0. The first-order chi connectivity index (χ1) is 10.8. The Labute approximate surface area is 132 Å². The van der Waals surface area contributed by atoms with E-state index in [4.69, 9.17) is 0 Å². The fraction of sp³-hybridized carbons (Fsp3) is 0.375. The van der Waals surface area contributed by atoms with Gasteiger partial charge in [-0.1, -0.05) is 30.3 Å². The Morgan fingerprint density at radius 3 is 2.13 bits per heavy atom. The molecule has 1 heterocycles. The first-order valence-electron chi connectivity index (χ1n) is 7.22. The second-order valence-corrected chi connectivity index (χ2v) is 5.24. The van der Waals surface area contributed by atoms with E-state index in [1.807, 2.05) is 30.3 Å². The van der Waals surface area contributed by atoms with Gasteiger partial charge in [0.05, 0.1) is 0 Å². The Balaban J connectivity index is 1.83. The minimum Gasteiger partial charge on any atom is -0.339 e. The van der Waals surface area contributed by atoms with E-state index in [0.717, 1.165) is 10.5 Å². The van der Waals surface area contributed by atoms with Gasteiger partial charge in [-0.05, 0) is 11.6 Å². The van der Waals surface area contributed by atoms with Crippen molar-refractivity contribution in [2.45, 2.75) is 12.6 Å². The molecule has 0 aromatic heterocycles. The van der Waals surface area contributed by atoms with E-state index in [0.29, 0.717) is 0 Å². The largest absolute Gasteiger partial charge is 0.397 e. The van der Waals surface area contributed by atoms with Gasteiger partial charge in [0.25, 0.3) is 0 Å². The lowest BCUT2D eigenvalue weighted by atomic mass is 10.2. The van der Waals surface area contributed by atoms with Crippen molar-refractivity contribution in [3.05, 3.63) is 42.0 Å². The molecule has 23 heavy (non-hydrogen) atoms. The minimum atomic E-state index is -4.50. The lowest BCUT2D eigenvalue weighted by Gasteiger charge is -2.34. The molecule has 1 saturated heterocycles. The number of carbonyl (C=O) groups is 2. The van der Waals surface area contributed by atoms with Gasteiger partial charge in [0.1, 0.15) is 6.42 Å². The van der Waals surface area contributed by atoms with Crippen molar-refractivity contribution in [1.29, 1.82) is 0 Å². The van der Waals surface area contributed by atoms with E-state index in [1.165, 1.54) is 11.0 Å². The topological polar surface area (TPSA) is 40.6 Å². The molecule has 0 unspecified atom stereocenters. The van der Waals surface area contributed by atoms with Gasteiger partial charge < -0.3 is 9.80 Å². The first-order valence-corrected chi connectivity index (χ1v) is 7.22. The predicted octanol–water partition coefficient (Wildman–Crippen LogP) is 2.32. The zero-order chi connectivity index (χ0) is 16.9. The van der Waals surface area contributed by atoms with E-state index < -0.39 is 18.5 Å². The zero-order valence-corrected chi connectivity index (χ0v) is 12.4. The van der Waals surface area contributed by atoms with Crippen LogP contribution >= 0.6 is 0 Å². The number of piperazine rings is 1. The molecule has 1 fully saturated rings. The van der Waals surface area contributed by atoms with Gasteiger partial charge in [-0.25, -0.2) is 0 Å². The predicted molar refractivity (Wildman–Crippen MR) is 79.3 cm³/mol. The Hall–Kier alpha value is -2.31. The third kappa shape index (κ3) is 5.43. The van der Waals surface area contributed by atoms with Crippen LogP contribution in [0, 0.1) is 0 Å². The molecule has 2 rings (SSSR count). The molecule has 0 N–H and O–H groups in total. The van der Waals surface area contributed by atoms with E-state index in [1.54, 1.807) is 6.08 Å². The highest BCUT2D eigenvalue weighted by atomic mass is 19.4. The smallest absolute Gasteiger partial charge is 0.339 e. The first kappa shape index (κ1) is 17.1. The van der Waals surface area contributed by atoms with Crippen LogP contribution < -0.4 is 0 Å². The average Bonchev–Trinajstić information content (AvgIpc) is 2.52. The van der Waals surface area contributed by atoms with Crippen molar-refractivity contribution in [1.82, 2.24) is 9.80 Å². The summed E-state index contributed by atoms with van der Waals surface area (Å²) in [6.45, 7) is 0.725. The lowest BCUT2D eigenvalue weighted by molar-refractivity contribution is -0.163. The third-order valence-electron chi connectivity index (χ3n) is 3.51. The lowest BCUT2D eigenvalue weighted by Crippen LogP contribution is -2.50. The highest BCUT2D eigenvalue weighted by Gasteiger charge is 2.34. The molecule has 0 bridgehead atoms. The van der Waals surface area contributed by atoms with E-state index in [9.17, 15) is 22.8 Å². The van der Waals surface area contributed by atoms with Gasteiger partial charge in [-0.2, -0.15) is 13.2 Å². The van der Waals surface area contributed by atoms with Gasteiger partial charge in [-0.3, -0.25) is 9.59 Å². The fourth-order valence-corrected chi connectivity index (χ4v) is 2.30. The van der Waals surface area contributed by atoms with Crippen LogP contribution in [0.2, 0.25) is 0 Å². The van der Waals surface area contributed by atoms with Gasteiger partial charge in [0, 0.05) is 32.3 Å². The van der Waals surface area contributed by atoms with Gasteiger partial charge in [-0.15, -0.1) is 0 Å². The van der Waals surface area contributed by atoms with Crippen molar-refractivity contribution in [3.8, 4) is 0 Å². The molecule has 1 aromatic rings. The maximum absolute atomic E-state index is 12.2. The Morgan fingerprint density at radius 2 is 1.57 bits per heavy atom. The quantitative estimate of drug-likeness (QED) is 0.800. The SMILES string of the molecule is O=C(C=Cc1ccccc1)N1CCN(C(=O)CC(F)(F)F)CC1. The normalized spacial score (nSPS) is 16.0. The van der Waals surface area contributed by atoms with E-state index >= 15 is 0 Å². The highest BCUT2D eigenvalue weighted by Crippen LogP contribution is 2.21. The van der Waals surface area contributed by atoms with Crippen LogP contribution in [0.3, 0.4) is 0 Å². The van der Waals surface area contributed by atoms with Gasteiger partial charge >= 0.3 is 6.18 Å². The number of rotatable bonds is 3. The van der Waals surface area contributed by atoms with Crippen LogP contribution in [0.25, 0.3) is 6.08 Å². The molecule has 2 amide bonds. The third-order valence-corrected chi connectivity index (χ3v) is 3.51. The number of alkyl halides is 3. The number of halogens is 3. The molecule has 4 nitrogen and oxygen atoms in total. The van der Waals surface area contributed by atoms with Crippen LogP contribution in [0.4, 0.5) is 13.2 Å². The number of hydrogen-bond donors (Lipinski definition) is 0. The summed E-state index contributed by atoms with van der Waals surface area (Å²) < 4.78 is 36.6. The van der Waals surface area contributed by atoms with Crippen LogP contribution in [0.1, 0.15) is 12.0 Å². The van der Waals surface area contributed by atoms with Crippen molar-refractivity contribution < 1.29 is 22.8 Å². The molecule has 0 atom stereocenters. The van der Waals surface area contributed by atoms with E-state index in [2.05, 4.69) is 0 Å². The summed E-state index contributed by atoms with van der Waals surface area (Å²) in [6, 6.07) is 9.30. The number of carbonyl (C=O) groups excluding carboxylic acids is 2. The summed E-state index contributed by atoms with van der Waals surface area (Å²) in [6.07, 6.45) is -2.83. The molecular formula is C16H17F3N2O2. The van der Waals surface area contributed by atoms with Crippen molar-refractivity contribution in [2.75, 3.05) is 26.2 Å². The molecule has 7 heteroatoms. The van der Waals surface area contributed by atoms with Crippen LogP contribution in [0.5, 0.6) is 0 Å². The summed E-state index contributed by atoms with van der Waals surface area (Å²) in [5.74, 6) is -1.15. The second-order valence-electron chi connectivity index (χ2n) is 5.24. The van der Waals surface area contributed by atoms with Gasteiger partial charge in [0.2, 0.25) is 11.8 Å². The van der Waals surface area contributed by atoms with Crippen LogP contribution in [-0.2, 0) is 9.59 Å². The average molecular weight is 326 g/mol. The van der Waals surface area contributed by atoms with Crippen molar-refractivity contribution in [3.63, 3.8) is 0 Å². The number of hydrogen-bond acceptors (Lipinski definition) is 2. The maximum atomic E-state index is 12.2. The summed E-state index contributed by atoms with van der Waals surface area (Å²) in [5.41, 5.74) is 0.889. The Bertz CT molecular complexity index is 577. The van der Waals surface area contributed by atoms with Crippen molar-refractivity contribution in [2.24, 2.45) is 0 Å². The van der Waals surface area contributed by atoms with E-state index in [-0.39, 0.29) is 32.1 Å². The summed E-state index contributed by atoms with van der Waals surface area (Å²) in [4.78, 5) is 26.2. The van der Waals surface area contributed by atoms with Gasteiger partial charge in [0.15, 0.2) is 0 Å². The fourth-order valence-electron chi connectivity index (χ4n) is 2.30. The molecule has 0 radical (unpaired) electrons. The number of benzene rings is 1. The molecule has 1 aliphatic rings. The summed E-state index contributed by atoms with van der Waals surface area (Å²) in [5, 5.41) is 0. The second kappa shape index (κ2) is 7.30. The maximum Gasteiger partial charge on any atom is 0.397 e. The molecular weight excluding hydrogens is 309 g/mol. The van der Waals surface area contributed by atoms with Crippen LogP contribution in [0.15, 0.2) is 36.4 Å². The molecule has 0 spiro atoms. The highest BCUT2D eigenvalue weighted by molar-refractivity contribution is 5.92. The van der Waals surface area contributed by atoms with Crippen LogP contribution in [-0.4, -0.2) is 54.0 Å². The molecule has 0 saturated carbocycles. The van der Waals surface area contributed by atoms with Crippen molar-refractivity contribution >= 4 is 17.9 Å². The molecule has 124 valence electrons. The standard InChI is InChI=1S/C16H17F3N2O2/c17-16(18,19)12-15(23)21-10-8-20(9-11-21)14(22)7-6-13-4-2-1-3-5-13/h1-7H,8-12H2. The number of amides is 2. The zero-order valence-electron chi connectivity index (χ0n) is 12.4. The molecule has 1 aliphatic heterocycles. The Morgan fingerprint density at radius 1 is 1.00 bits per heavy atom. The molecule has 0 aliphatic carbocycles. The molecule has 1 aromatic carbocycles. The minimum absolute atomic E-state index is 0.125. The Kier molecular flexibility index (Phi) is 5.41. The number of nitrogens with zero attached hydrogens (tertiary/aromatic N) is 2. The summed E-state index contributed by atoms with van der Waals surface area (Å²) in [7, 11) is 0.